The number of aromatic nitrogens is 4. The standard InChI is InChI=1S/C19H17N5OS/c20-18-22-16-15(17(23-18)26-12-14-9-5-2-6-10-14)21-19(25)24(16)11-13-7-3-1-4-8-13/h1-10H,11-12H2,(H,21,25)(H2,20,22,23). The highest BCUT2D eigenvalue weighted by Gasteiger charge is 2.15. The number of H-pyrrole nitrogens is 1. The fourth-order valence-electron chi connectivity index (χ4n) is 2.76. The average Bonchev–Trinajstić information content (AvgIpc) is 2.97. The second kappa shape index (κ2) is 7.05. The molecule has 0 spiro atoms. The molecule has 26 heavy (non-hydrogen) atoms. The van der Waals surface area contributed by atoms with Gasteiger partial charge in [-0.3, -0.25) is 4.57 Å². The molecule has 6 nitrogen and oxygen atoms in total. The summed E-state index contributed by atoms with van der Waals surface area (Å²) >= 11 is 1.53. The van der Waals surface area contributed by atoms with Crippen molar-refractivity contribution in [2.45, 2.75) is 17.3 Å². The number of nitrogens with one attached hydrogen (secondary N) is 1. The van der Waals surface area contributed by atoms with Crippen LogP contribution in [0.15, 0.2) is 70.5 Å². The number of nitrogen functional groups attached to an aromatic ring is 1. The van der Waals surface area contributed by atoms with Gasteiger partial charge in [0.2, 0.25) is 5.95 Å². The van der Waals surface area contributed by atoms with Crippen LogP contribution in [-0.4, -0.2) is 19.5 Å². The topological polar surface area (TPSA) is 89.6 Å². The summed E-state index contributed by atoms with van der Waals surface area (Å²) in [6, 6.07) is 19.9. The molecule has 3 N–H and O–H groups in total. The maximum Gasteiger partial charge on any atom is 0.328 e. The van der Waals surface area contributed by atoms with E-state index in [1.165, 1.54) is 17.3 Å². The molecule has 4 aromatic rings. The molecule has 0 aliphatic heterocycles. The van der Waals surface area contributed by atoms with Gasteiger partial charge in [-0.15, -0.1) is 0 Å². The Morgan fingerprint density at radius 3 is 2.31 bits per heavy atom. The Bertz CT molecular complexity index is 1090. The monoisotopic (exact) mass is 363 g/mol. The smallest absolute Gasteiger partial charge is 0.328 e. The first-order valence-corrected chi connectivity index (χ1v) is 9.16. The number of nitrogens with two attached hydrogens (primary N) is 1. The van der Waals surface area contributed by atoms with E-state index in [0.717, 1.165) is 11.3 Å². The first kappa shape index (κ1) is 16.4. The summed E-state index contributed by atoms with van der Waals surface area (Å²) in [6.07, 6.45) is 0. The molecule has 0 saturated carbocycles. The highest BCUT2D eigenvalue weighted by Crippen LogP contribution is 2.27. The van der Waals surface area contributed by atoms with E-state index in [-0.39, 0.29) is 11.6 Å². The largest absolute Gasteiger partial charge is 0.368 e. The summed E-state index contributed by atoms with van der Waals surface area (Å²) < 4.78 is 1.59. The maximum absolute atomic E-state index is 12.5. The van der Waals surface area contributed by atoms with Crippen molar-refractivity contribution >= 4 is 28.9 Å². The van der Waals surface area contributed by atoms with Gasteiger partial charge in [-0.2, -0.15) is 4.98 Å². The Hall–Kier alpha value is -3.06. The molecule has 0 aliphatic carbocycles. The Balaban J connectivity index is 1.71. The second-order valence-corrected chi connectivity index (χ2v) is 6.83. The van der Waals surface area contributed by atoms with Crippen molar-refractivity contribution in [1.82, 2.24) is 19.5 Å². The number of hydrogen-bond acceptors (Lipinski definition) is 5. The summed E-state index contributed by atoms with van der Waals surface area (Å²) in [7, 11) is 0. The van der Waals surface area contributed by atoms with Gasteiger partial charge >= 0.3 is 5.69 Å². The molecule has 130 valence electrons. The van der Waals surface area contributed by atoms with Gasteiger partial charge in [-0.25, -0.2) is 9.78 Å². The molecule has 0 amide bonds. The molecule has 0 aliphatic rings. The number of benzene rings is 2. The first-order chi connectivity index (χ1) is 12.7. The van der Waals surface area contributed by atoms with Gasteiger partial charge in [0.15, 0.2) is 5.65 Å². The van der Waals surface area contributed by atoms with E-state index in [4.69, 9.17) is 5.73 Å². The average molecular weight is 363 g/mol. The SMILES string of the molecule is Nc1nc(SCc2ccccc2)c2[nH]c(=O)n(Cc3ccccc3)c2n1. The molecule has 0 fully saturated rings. The number of aromatic amines is 1. The molecular weight excluding hydrogens is 346 g/mol. The van der Waals surface area contributed by atoms with Crippen LogP contribution in [-0.2, 0) is 12.3 Å². The van der Waals surface area contributed by atoms with Crippen LogP contribution in [0, 0.1) is 0 Å². The minimum atomic E-state index is -0.217. The third-order valence-electron chi connectivity index (χ3n) is 4.01. The molecule has 0 saturated heterocycles. The molecule has 0 bridgehead atoms. The van der Waals surface area contributed by atoms with Crippen molar-refractivity contribution in [3.8, 4) is 0 Å². The molecule has 2 heterocycles. The number of hydrogen-bond donors (Lipinski definition) is 2. The zero-order valence-electron chi connectivity index (χ0n) is 13.9. The Labute approximate surface area is 154 Å². The highest BCUT2D eigenvalue weighted by atomic mass is 32.2. The summed E-state index contributed by atoms with van der Waals surface area (Å²) in [4.78, 5) is 24.0. The van der Waals surface area contributed by atoms with Crippen molar-refractivity contribution in [3.05, 3.63) is 82.3 Å². The van der Waals surface area contributed by atoms with Gasteiger partial charge in [0, 0.05) is 5.75 Å². The van der Waals surface area contributed by atoms with Crippen molar-refractivity contribution in [2.24, 2.45) is 0 Å². The molecule has 7 heteroatoms. The Kier molecular flexibility index (Phi) is 4.45. The zero-order valence-corrected chi connectivity index (χ0v) is 14.7. The molecule has 4 rings (SSSR count). The van der Waals surface area contributed by atoms with Crippen molar-refractivity contribution < 1.29 is 0 Å². The normalized spacial score (nSPS) is 11.1. The molecule has 0 radical (unpaired) electrons. The number of thioether (sulfide) groups is 1. The van der Waals surface area contributed by atoms with Crippen LogP contribution >= 0.6 is 11.8 Å². The van der Waals surface area contributed by atoms with E-state index >= 15 is 0 Å². The van der Waals surface area contributed by atoms with Crippen molar-refractivity contribution in [3.63, 3.8) is 0 Å². The van der Waals surface area contributed by atoms with Crippen LogP contribution < -0.4 is 11.4 Å². The van der Waals surface area contributed by atoms with Crippen molar-refractivity contribution in [1.29, 1.82) is 0 Å². The molecule has 2 aromatic heterocycles. The van der Waals surface area contributed by atoms with Crippen LogP contribution in [0.5, 0.6) is 0 Å². The summed E-state index contributed by atoms with van der Waals surface area (Å²) in [5.74, 6) is 0.895. The lowest BCUT2D eigenvalue weighted by Crippen LogP contribution is -2.17. The van der Waals surface area contributed by atoms with E-state index in [2.05, 4.69) is 27.1 Å². The first-order valence-electron chi connectivity index (χ1n) is 8.17. The third-order valence-corrected chi connectivity index (χ3v) is 5.06. The van der Waals surface area contributed by atoms with Gasteiger partial charge in [-0.1, -0.05) is 72.4 Å². The van der Waals surface area contributed by atoms with E-state index in [0.29, 0.717) is 22.7 Å². The van der Waals surface area contributed by atoms with Crippen LogP contribution in [0.4, 0.5) is 5.95 Å². The van der Waals surface area contributed by atoms with E-state index in [1.54, 1.807) is 4.57 Å². The van der Waals surface area contributed by atoms with Gasteiger partial charge in [-0.05, 0) is 11.1 Å². The minimum Gasteiger partial charge on any atom is -0.368 e. The predicted molar refractivity (Wildman–Crippen MR) is 104 cm³/mol. The second-order valence-electron chi connectivity index (χ2n) is 5.86. The molecule has 0 unspecified atom stereocenters. The summed E-state index contributed by atoms with van der Waals surface area (Å²) in [5, 5.41) is 0.681. The number of fused-ring (bicyclic) bond motifs is 1. The number of rotatable bonds is 5. The van der Waals surface area contributed by atoms with E-state index < -0.39 is 0 Å². The predicted octanol–water partition coefficient (Wildman–Crippen LogP) is 3.04. The quantitative estimate of drug-likeness (QED) is 0.420. The number of imidazole rings is 1. The number of nitrogens with zero attached hydrogens (tertiary/aromatic N) is 3. The van der Waals surface area contributed by atoms with Gasteiger partial charge in [0.25, 0.3) is 0 Å². The highest BCUT2D eigenvalue weighted by molar-refractivity contribution is 7.98. The van der Waals surface area contributed by atoms with Crippen LogP contribution in [0.2, 0.25) is 0 Å². The van der Waals surface area contributed by atoms with Crippen LogP contribution in [0.3, 0.4) is 0 Å². The van der Waals surface area contributed by atoms with Crippen molar-refractivity contribution in [2.75, 3.05) is 5.73 Å². The zero-order chi connectivity index (χ0) is 17.9. The lowest BCUT2D eigenvalue weighted by molar-refractivity contribution is 0.778. The molecule has 0 atom stereocenters. The van der Waals surface area contributed by atoms with Gasteiger partial charge in [0.1, 0.15) is 10.5 Å². The number of anilines is 1. The van der Waals surface area contributed by atoms with E-state index in [9.17, 15) is 4.79 Å². The van der Waals surface area contributed by atoms with Gasteiger partial charge in [0.05, 0.1) is 6.54 Å². The summed E-state index contributed by atoms with van der Waals surface area (Å²) in [6.45, 7) is 0.429. The molecule has 2 aromatic carbocycles. The maximum atomic E-state index is 12.5. The van der Waals surface area contributed by atoms with E-state index in [1.807, 2.05) is 48.5 Å². The fourth-order valence-corrected chi connectivity index (χ4v) is 3.70. The van der Waals surface area contributed by atoms with Crippen LogP contribution in [0.1, 0.15) is 11.1 Å². The Morgan fingerprint density at radius 2 is 1.62 bits per heavy atom. The third kappa shape index (κ3) is 3.34. The Morgan fingerprint density at radius 1 is 0.962 bits per heavy atom. The molecular formula is C19H17N5OS. The van der Waals surface area contributed by atoms with Crippen LogP contribution in [0.25, 0.3) is 11.2 Å². The van der Waals surface area contributed by atoms with Gasteiger partial charge < -0.3 is 10.7 Å². The summed E-state index contributed by atoms with van der Waals surface area (Å²) in [5.41, 5.74) is 9.03. The lowest BCUT2D eigenvalue weighted by atomic mass is 10.2. The lowest BCUT2D eigenvalue weighted by Gasteiger charge is -2.06. The fraction of sp³-hybridized carbons (Fsp3) is 0.105. The minimum absolute atomic E-state index is 0.161.